The summed E-state index contributed by atoms with van der Waals surface area (Å²) < 4.78 is 6.63. The number of benzene rings is 1. The Morgan fingerprint density at radius 3 is 3.00 bits per heavy atom. The van der Waals surface area contributed by atoms with E-state index in [2.05, 4.69) is 11.2 Å². The van der Waals surface area contributed by atoms with Gasteiger partial charge in [0.2, 0.25) is 0 Å². The van der Waals surface area contributed by atoms with Crippen LogP contribution < -0.4 is 10.3 Å². The maximum absolute atomic E-state index is 11.7. The number of carbonyl (C=O) groups is 1. The van der Waals surface area contributed by atoms with E-state index >= 15 is 0 Å². The zero-order valence-corrected chi connectivity index (χ0v) is 11.3. The Kier molecular flexibility index (Phi) is 3.43. The van der Waals surface area contributed by atoms with Crippen LogP contribution in [0.5, 0.6) is 5.75 Å². The second-order valence-electron chi connectivity index (χ2n) is 4.88. The number of aromatic nitrogens is 2. The Morgan fingerprint density at radius 2 is 2.19 bits per heavy atom. The summed E-state index contributed by atoms with van der Waals surface area (Å²) in [5.41, 5.74) is 1.82. The lowest BCUT2D eigenvalue weighted by molar-refractivity contribution is 0.0687. The molecule has 0 saturated carbocycles. The van der Waals surface area contributed by atoms with Crippen molar-refractivity contribution >= 4 is 5.97 Å². The van der Waals surface area contributed by atoms with Gasteiger partial charge in [-0.25, -0.2) is 9.48 Å². The van der Waals surface area contributed by atoms with Crippen molar-refractivity contribution in [1.82, 2.24) is 9.78 Å². The SMILES string of the molecule is O=C(O)c1ccc(=O)n(CCc2ccc3c(c2)CCO3)n1. The summed E-state index contributed by atoms with van der Waals surface area (Å²) in [4.78, 5) is 22.6. The number of rotatable bonds is 4. The van der Waals surface area contributed by atoms with Gasteiger partial charge in [0.05, 0.1) is 6.61 Å². The standard InChI is InChI=1S/C15H14N2O4/c18-14-4-2-12(15(19)20)16-17(14)7-5-10-1-3-13-11(9-10)6-8-21-13/h1-4,9H,5-8H2,(H,19,20). The topological polar surface area (TPSA) is 81.4 Å². The largest absolute Gasteiger partial charge is 0.493 e. The monoisotopic (exact) mass is 286 g/mol. The van der Waals surface area contributed by atoms with Gasteiger partial charge < -0.3 is 9.84 Å². The van der Waals surface area contributed by atoms with Gasteiger partial charge in [-0.05, 0) is 29.7 Å². The Labute approximate surface area is 120 Å². The second kappa shape index (κ2) is 5.40. The first-order valence-electron chi connectivity index (χ1n) is 6.69. The Balaban J connectivity index is 1.77. The molecule has 3 rings (SSSR count). The van der Waals surface area contributed by atoms with Crippen molar-refractivity contribution in [3.63, 3.8) is 0 Å². The quantitative estimate of drug-likeness (QED) is 0.910. The van der Waals surface area contributed by atoms with Gasteiger partial charge in [0.15, 0.2) is 5.69 Å². The molecule has 6 nitrogen and oxygen atoms in total. The molecular weight excluding hydrogens is 272 g/mol. The third kappa shape index (κ3) is 2.79. The zero-order chi connectivity index (χ0) is 14.8. The van der Waals surface area contributed by atoms with Crippen LogP contribution in [-0.4, -0.2) is 27.5 Å². The Morgan fingerprint density at radius 1 is 1.33 bits per heavy atom. The minimum Gasteiger partial charge on any atom is -0.493 e. The first-order chi connectivity index (χ1) is 10.1. The highest BCUT2D eigenvalue weighted by Crippen LogP contribution is 2.25. The van der Waals surface area contributed by atoms with E-state index in [0.29, 0.717) is 19.6 Å². The molecule has 108 valence electrons. The van der Waals surface area contributed by atoms with Crippen molar-refractivity contribution in [2.24, 2.45) is 0 Å². The summed E-state index contributed by atoms with van der Waals surface area (Å²) >= 11 is 0. The average molecular weight is 286 g/mol. The fraction of sp³-hybridized carbons (Fsp3) is 0.267. The van der Waals surface area contributed by atoms with E-state index in [1.165, 1.54) is 22.4 Å². The molecule has 0 saturated heterocycles. The Bertz CT molecular complexity index is 752. The molecule has 0 aliphatic carbocycles. The van der Waals surface area contributed by atoms with E-state index in [1.54, 1.807) is 0 Å². The summed E-state index contributed by atoms with van der Waals surface area (Å²) in [6, 6.07) is 8.40. The minimum atomic E-state index is -1.14. The van der Waals surface area contributed by atoms with E-state index in [1.807, 2.05) is 12.1 Å². The van der Waals surface area contributed by atoms with Gasteiger partial charge in [-0.3, -0.25) is 4.79 Å². The first-order valence-corrected chi connectivity index (χ1v) is 6.69. The lowest BCUT2D eigenvalue weighted by Crippen LogP contribution is -2.25. The number of hydrogen-bond donors (Lipinski definition) is 1. The molecule has 0 amide bonds. The molecule has 1 aliphatic heterocycles. The summed E-state index contributed by atoms with van der Waals surface area (Å²) in [6.07, 6.45) is 1.51. The van der Waals surface area contributed by atoms with Gasteiger partial charge in [-0.2, -0.15) is 5.10 Å². The molecule has 2 aromatic rings. The normalized spacial score (nSPS) is 12.8. The molecule has 0 fully saturated rings. The maximum Gasteiger partial charge on any atom is 0.356 e. The van der Waals surface area contributed by atoms with E-state index in [0.717, 1.165) is 17.7 Å². The number of carboxylic acid groups (broad SMARTS) is 1. The van der Waals surface area contributed by atoms with E-state index < -0.39 is 5.97 Å². The van der Waals surface area contributed by atoms with Gasteiger partial charge in [0, 0.05) is 19.0 Å². The minimum absolute atomic E-state index is 0.128. The Hall–Kier alpha value is -2.63. The van der Waals surface area contributed by atoms with Crippen LogP contribution in [0, 0.1) is 0 Å². The molecular formula is C15H14N2O4. The number of nitrogens with zero attached hydrogens (tertiary/aromatic N) is 2. The summed E-state index contributed by atoms with van der Waals surface area (Å²) in [6.45, 7) is 1.06. The highest BCUT2D eigenvalue weighted by molar-refractivity contribution is 5.84. The van der Waals surface area contributed by atoms with Crippen LogP contribution in [0.2, 0.25) is 0 Å². The molecule has 0 bridgehead atoms. The number of fused-ring (bicyclic) bond motifs is 1. The van der Waals surface area contributed by atoms with Crippen LogP contribution in [0.4, 0.5) is 0 Å². The molecule has 1 N–H and O–H groups in total. The molecule has 0 radical (unpaired) electrons. The second-order valence-corrected chi connectivity index (χ2v) is 4.88. The molecule has 21 heavy (non-hydrogen) atoms. The molecule has 1 aromatic heterocycles. The van der Waals surface area contributed by atoms with Gasteiger partial charge in [-0.1, -0.05) is 12.1 Å². The van der Waals surface area contributed by atoms with Crippen molar-refractivity contribution in [3.05, 3.63) is 57.5 Å². The van der Waals surface area contributed by atoms with Crippen LogP contribution in [0.25, 0.3) is 0 Å². The number of ether oxygens (including phenoxy) is 1. The van der Waals surface area contributed by atoms with Crippen molar-refractivity contribution < 1.29 is 14.6 Å². The summed E-state index contributed by atoms with van der Waals surface area (Å²) in [5.74, 6) is -0.222. The van der Waals surface area contributed by atoms with Crippen LogP contribution in [0.1, 0.15) is 21.6 Å². The fourth-order valence-corrected chi connectivity index (χ4v) is 2.35. The number of aryl methyl sites for hydroxylation is 2. The molecule has 2 heterocycles. The van der Waals surface area contributed by atoms with Gasteiger partial charge in [0.1, 0.15) is 5.75 Å². The maximum atomic E-state index is 11.7. The zero-order valence-electron chi connectivity index (χ0n) is 11.3. The summed E-state index contributed by atoms with van der Waals surface area (Å²) in [5, 5.41) is 12.7. The number of aromatic carboxylic acids is 1. The number of carboxylic acids is 1. The molecule has 0 spiro atoms. The van der Waals surface area contributed by atoms with Crippen molar-refractivity contribution in [3.8, 4) is 5.75 Å². The van der Waals surface area contributed by atoms with Crippen molar-refractivity contribution in [2.45, 2.75) is 19.4 Å². The lowest BCUT2D eigenvalue weighted by atomic mass is 10.1. The predicted octanol–water partition coefficient (Wildman–Crippen LogP) is 1.12. The van der Waals surface area contributed by atoms with Gasteiger partial charge >= 0.3 is 5.97 Å². The van der Waals surface area contributed by atoms with Crippen LogP contribution in [-0.2, 0) is 19.4 Å². The third-order valence-electron chi connectivity index (χ3n) is 3.45. The van der Waals surface area contributed by atoms with Gasteiger partial charge in [0.25, 0.3) is 5.56 Å². The van der Waals surface area contributed by atoms with E-state index in [4.69, 9.17) is 9.84 Å². The number of hydrogen-bond acceptors (Lipinski definition) is 4. The molecule has 6 heteroatoms. The molecule has 1 aliphatic rings. The van der Waals surface area contributed by atoms with Crippen molar-refractivity contribution in [2.75, 3.05) is 6.61 Å². The summed E-state index contributed by atoms with van der Waals surface area (Å²) in [7, 11) is 0. The van der Waals surface area contributed by atoms with Crippen LogP contribution >= 0.6 is 0 Å². The highest BCUT2D eigenvalue weighted by atomic mass is 16.5. The first kappa shape index (κ1) is 13.4. The molecule has 1 aromatic carbocycles. The fourth-order valence-electron chi connectivity index (χ4n) is 2.35. The predicted molar refractivity (Wildman–Crippen MR) is 74.8 cm³/mol. The van der Waals surface area contributed by atoms with Crippen LogP contribution in [0.3, 0.4) is 0 Å². The van der Waals surface area contributed by atoms with E-state index in [-0.39, 0.29) is 11.3 Å². The third-order valence-corrected chi connectivity index (χ3v) is 3.45. The molecule has 0 unspecified atom stereocenters. The van der Waals surface area contributed by atoms with Crippen LogP contribution in [0.15, 0.2) is 35.1 Å². The highest BCUT2D eigenvalue weighted by Gasteiger charge is 2.12. The average Bonchev–Trinajstić information content (AvgIpc) is 2.93. The smallest absolute Gasteiger partial charge is 0.356 e. The lowest BCUT2D eigenvalue weighted by Gasteiger charge is -2.06. The molecule has 0 atom stereocenters. The van der Waals surface area contributed by atoms with Gasteiger partial charge in [-0.15, -0.1) is 0 Å². The van der Waals surface area contributed by atoms with Crippen molar-refractivity contribution in [1.29, 1.82) is 0 Å². The van der Waals surface area contributed by atoms with E-state index in [9.17, 15) is 9.59 Å².